The maximum atomic E-state index is 4.49. The van der Waals surface area contributed by atoms with Gasteiger partial charge in [0.15, 0.2) is 0 Å². The molecule has 0 aromatic carbocycles. The minimum Gasteiger partial charge on any atom is -0.370 e. The topological polar surface area (TPSA) is 28.2 Å². The summed E-state index contributed by atoms with van der Waals surface area (Å²) in [6, 6.07) is 4.79. The molecule has 1 unspecified atom stereocenters. The minimum atomic E-state index is 0.540. The van der Waals surface area contributed by atoms with E-state index in [1.165, 1.54) is 24.9 Å². The number of likely N-dealkylation sites (tertiary alicyclic amines) is 1. The standard InChI is InChI=1S/C14H23N3/c1-11(2)10-16-14-12(6-4-8-15-14)13-7-5-9-17(13)3/h4,6,8,11,13H,5,7,9-10H2,1-3H3,(H,15,16). The number of nitrogens with zero attached hydrogens (tertiary/aromatic N) is 2. The Hall–Kier alpha value is -1.09. The molecule has 1 aliphatic heterocycles. The van der Waals surface area contributed by atoms with Gasteiger partial charge in [0, 0.05) is 24.3 Å². The maximum absolute atomic E-state index is 4.49. The lowest BCUT2D eigenvalue weighted by atomic mass is 10.1. The molecule has 0 bridgehead atoms. The average molecular weight is 233 g/mol. The second kappa shape index (κ2) is 5.50. The van der Waals surface area contributed by atoms with Crippen molar-refractivity contribution in [2.75, 3.05) is 25.5 Å². The van der Waals surface area contributed by atoms with Crippen LogP contribution in [0, 0.1) is 5.92 Å². The zero-order valence-corrected chi connectivity index (χ0v) is 11.1. The van der Waals surface area contributed by atoms with Gasteiger partial charge in [0.1, 0.15) is 5.82 Å². The van der Waals surface area contributed by atoms with E-state index in [9.17, 15) is 0 Å². The van der Waals surface area contributed by atoms with E-state index in [4.69, 9.17) is 0 Å². The molecule has 2 heterocycles. The van der Waals surface area contributed by atoms with Gasteiger partial charge in [0.25, 0.3) is 0 Å². The maximum Gasteiger partial charge on any atom is 0.130 e. The molecule has 1 aliphatic rings. The molecule has 3 heteroatoms. The van der Waals surface area contributed by atoms with E-state index in [2.05, 4.69) is 42.2 Å². The fourth-order valence-corrected chi connectivity index (χ4v) is 2.44. The Morgan fingerprint density at radius 1 is 1.53 bits per heavy atom. The summed E-state index contributed by atoms with van der Waals surface area (Å²) >= 11 is 0. The number of nitrogens with one attached hydrogen (secondary N) is 1. The molecule has 94 valence electrons. The second-order valence-electron chi connectivity index (χ2n) is 5.35. The van der Waals surface area contributed by atoms with Crippen LogP contribution in [0.2, 0.25) is 0 Å². The fraction of sp³-hybridized carbons (Fsp3) is 0.643. The van der Waals surface area contributed by atoms with Crippen molar-refractivity contribution < 1.29 is 0 Å². The lowest BCUT2D eigenvalue weighted by molar-refractivity contribution is 0.317. The lowest BCUT2D eigenvalue weighted by Gasteiger charge is -2.22. The first-order valence-electron chi connectivity index (χ1n) is 6.57. The third-order valence-electron chi connectivity index (χ3n) is 3.40. The lowest BCUT2D eigenvalue weighted by Crippen LogP contribution is -2.20. The third-order valence-corrected chi connectivity index (χ3v) is 3.40. The van der Waals surface area contributed by atoms with Crippen molar-refractivity contribution in [3.8, 4) is 0 Å². The molecular formula is C14H23N3. The molecule has 1 aromatic rings. The van der Waals surface area contributed by atoms with Crippen molar-refractivity contribution in [3.63, 3.8) is 0 Å². The van der Waals surface area contributed by atoms with E-state index in [1.54, 1.807) is 0 Å². The number of hydrogen-bond acceptors (Lipinski definition) is 3. The SMILES string of the molecule is CC(C)CNc1ncccc1C1CCCN1C. The third kappa shape index (κ3) is 2.97. The van der Waals surface area contributed by atoms with Crippen LogP contribution >= 0.6 is 0 Å². The van der Waals surface area contributed by atoms with Gasteiger partial charge in [0.2, 0.25) is 0 Å². The van der Waals surface area contributed by atoms with Gasteiger partial charge < -0.3 is 5.32 Å². The highest BCUT2D eigenvalue weighted by Gasteiger charge is 2.24. The van der Waals surface area contributed by atoms with Crippen LogP contribution in [0.25, 0.3) is 0 Å². The van der Waals surface area contributed by atoms with Crippen LogP contribution in [-0.4, -0.2) is 30.0 Å². The molecule has 1 N–H and O–H groups in total. The largest absolute Gasteiger partial charge is 0.370 e. The van der Waals surface area contributed by atoms with Gasteiger partial charge in [0.05, 0.1) is 0 Å². The van der Waals surface area contributed by atoms with Gasteiger partial charge in [-0.05, 0) is 38.4 Å². The van der Waals surface area contributed by atoms with Crippen molar-refractivity contribution in [3.05, 3.63) is 23.9 Å². The molecule has 1 saturated heterocycles. The number of anilines is 1. The summed E-state index contributed by atoms with van der Waals surface area (Å²) in [6.45, 7) is 6.62. The van der Waals surface area contributed by atoms with Crippen molar-refractivity contribution in [1.29, 1.82) is 0 Å². The van der Waals surface area contributed by atoms with Crippen molar-refractivity contribution in [1.82, 2.24) is 9.88 Å². The molecule has 0 aliphatic carbocycles. The van der Waals surface area contributed by atoms with Gasteiger partial charge >= 0.3 is 0 Å². The number of pyridine rings is 1. The molecule has 0 radical (unpaired) electrons. The van der Waals surface area contributed by atoms with Crippen molar-refractivity contribution in [2.24, 2.45) is 5.92 Å². The van der Waals surface area contributed by atoms with Gasteiger partial charge in [-0.2, -0.15) is 0 Å². The number of rotatable bonds is 4. The van der Waals surface area contributed by atoms with E-state index in [1.807, 2.05) is 12.3 Å². The molecule has 1 fully saturated rings. The van der Waals surface area contributed by atoms with Crippen LogP contribution in [0.5, 0.6) is 0 Å². The molecule has 3 nitrogen and oxygen atoms in total. The van der Waals surface area contributed by atoms with Gasteiger partial charge in [-0.3, -0.25) is 4.90 Å². The van der Waals surface area contributed by atoms with Crippen LogP contribution in [0.1, 0.15) is 38.3 Å². The highest BCUT2D eigenvalue weighted by molar-refractivity contribution is 5.46. The summed E-state index contributed by atoms with van der Waals surface area (Å²) in [6.07, 6.45) is 4.42. The van der Waals surface area contributed by atoms with Crippen LogP contribution in [0.3, 0.4) is 0 Å². The Bertz CT molecular complexity index is 362. The molecule has 1 atom stereocenters. The normalized spacial score (nSPS) is 21.1. The average Bonchev–Trinajstić information content (AvgIpc) is 2.73. The predicted octanol–water partition coefficient (Wildman–Crippen LogP) is 2.92. The Kier molecular flexibility index (Phi) is 4.00. The Balaban J connectivity index is 2.15. The monoisotopic (exact) mass is 233 g/mol. The molecule has 0 spiro atoms. The van der Waals surface area contributed by atoms with Gasteiger partial charge in [-0.15, -0.1) is 0 Å². The predicted molar refractivity (Wildman–Crippen MR) is 72.2 cm³/mol. The summed E-state index contributed by atoms with van der Waals surface area (Å²) < 4.78 is 0. The fourth-order valence-electron chi connectivity index (χ4n) is 2.44. The Morgan fingerprint density at radius 3 is 3.00 bits per heavy atom. The summed E-state index contributed by atoms with van der Waals surface area (Å²) in [5.74, 6) is 1.71. The molecule has 17 heavy (non-hydrogen) atoms. The first-order chi connectivity index (χ1) is 8.18. The van der Waals surface area contributed by atoms with E-state index >= 15 is 0 Å². The van der Waals surface area contributed by atoms with Crippen molar-refractivity contribution in [2.45, 2.75) is 32.7 Å². The van der Waals surface area contributed by atoms with Crippen molar-refractivity contribution >= 4 is 5.82 Å². The summed E-state index contributed by atoms with van der Waals surface area (Å²) in [5.41, 5.74) is 1.35. The van der Waals surface area contributed by atoms with E-state index in [-0.39, 0.29) is 0 Å². The summed E-state index contributed by atoms with van der Waals surface area (Å²) in [5, 5.41) is 3.47. The highest BCUT2D eigenvalue weighted by atomic mass is 15.2. The highest BCUT2D eigenvalue weighted by Crippen LogP contribution is 2.33. The molecule has 2 rings (SSSR count). The van der Waals surface area contributed by atoms with Gasteiger partial charge in [-0.25, -0.2) is 4.98 Å². The second-order valence-corrected chi connectivity index (χ2v) is 5.35. The number of hydrogen-bond donors (Lipinski definition) is 1. The first kappa shape index (κ1) is 12.4. The Morgan fingerprint density at radius 2 is 2.35 bits per heavy atom. The van der Waals surface area contributed by atoms with E-state index in [0.29, 0.717) is 12.0 Å². The van der Waals surface area contributed by atoms with E-state index < -0.39 is 0 Å². The zero-order valence-electron chi connectivity index (χ0n) is 11.1. The Labute approximate surface area is 104 Å². The van der Waals surface area contributed by atoms with Crippen LogP contribution in [-0.2, 0) is 0 Å². The van der Waals surface area contributed by atoms with Crippen LogP contribution in [0.15, 0.2) is 18.3 Å². The minimum absolute atomic E-state index is 0.540. The molecule has 0 amide bonds. The number of aromatic nitrogens is 1. The van der Waals surface area contributed by atoms with Crippen LogP contribution < -0.4 is 5.32 Å². The summed E-state index contributed by atoms with van der Waals surface area (Å²) in [4.78, 5) is 6.92. The zero-order chi connectivity index (χ0) is 12.3. The quantitative estimate of drug-likeness (QED) is 0.866. The molecular weight excluding hydrogens is 210 g/mol. The summed E-state index contributed by atoms with van der Waals surface area (Å²) in [7, 11) is 2.21. The van der Waals surface area contributed by atoms with Gasteiger partial charge in [-0.1, -0.05) is 19.9 Å². The van der Waals surface area contributed by atoms with E-state index in [0.717, 1.165) is 12.4 Å². The smallest absolute Gasteiger partial charge is 0.130 e. The van der Waals surface area contributed by atoms with Crippen LogP contribution in [0.4, 0.5) is 5.82 Å². The first-order valence-corrected chi connectivity index (χ1v) is 6.57. The molecule has 0 saturated carbocycles. The molecule has 1 aromatic heterocycles.